The maximum atomic E-state index is 2.14. The molecule has 0 amide bonds. The van der Waals surface area contributed by atoms with Crippen molar-refractivity contribution in [2.45, 2.75) is 13.8 Å². The number of hydrogen-bond acceptors (Lipinski definition) is 0. The van der Waals surface area contributed by atoms with Gasteiger partial charge < -0.3 is 0 Å². The summed E-state index contributed by atoms with van der Waals surface area (Å²) in [5.74, 6) is 0. The summed E-state index contributed by atoms with van der Waals surface area (Å²) in [4.78, 5) is 0. The van der Waals surface area contributed by atoms with Gasteiger partial charge in [-0.05, 0) is 36.1 Å². The van der Waals surface area contributed by atoms with Crippen LogP contribution in [-0.2, 0) is 0 Å². The lowest BCUT2D eigenvalue weighted by Crippen LogP contribution is -1.77. The molecule has 0 atom stereocenters. The van der Waals surface area contributed by atoms with E-state index in [0.29, 0.717) is 0 Å². The van der Waals surface area contributed by atoms with E-state index in [1.54, 1.807) is 0 Å². The van der Waals surface area contributed by atoms with Crippen molar-refractivity contribution < 1.29 is 0 Å². The van der Waals surface area contributed by atoms with Gasteiger partial charge in [0, 0.05) is 0 Å². The molecule has 0 spiro atoms. The molecule has 0 nitrogen and oxygen atoms in total. The van der Waals surface area contributed by atoms with Crippen molar-refractivity contribution in [3.63, 3.8) is 0 Å². The van der Waals surface area contributed by atoms with Crippen LogP contribution in [0.3, 0.4) is 0 Å². The standard InChI is InChI=1S/C20H20/c1-17(19-13-5-3-6-14-19)11-9-10-12-18(2)20-15-7-4-8-16-20/h3-16H,1-2H3/b10-9+,17-11-,18-12-. The molecule has 0 heteroatoms. The molecule has 0 N–H and O–H groups in total. The highest BCUT2D eigenvalue weighted by molar-refractivity contribution is 5.67. The number of rotatable bonds is 4. The molecule has 0 unspecified atom stereocenters. The fourth-order valence-corrected chi connectivity index (χ4v) is 1.99. The number of benzene rings is 2. The van der Waals surface area contributed by atoms with Crippen LogP contribution in [0.15, 0.2) is 85.0 Å². The second kappa shape index (κ2) is 7.30. The van der Waals surface area contributed by atoms with E-state index in [4.69, 9.17) is 0 Å². The van der Waals surface area contributed by atoms with Crippen LogP contribution in [0.1, 0.15) is 25.0 Å². The summed E-state index contributed by atoms with van der Waals surface area (Å²) in [6.07, 6.45) is 8.47. The topological polar surface area (TPSA) is 0 Å². The van der Waals surface area contributed by atoms with Crippen LogP contribution in [0, 0.1) is 0 Å². The molecule has 0 heterocycles. The molecule has 2 rings (SSSR count). The minimum absolute atomic E-state index is 1.26. The van der Waals surface area contributed by atoms with Crippen molar-refractivity contribution >= 4 is 11.1 Å². The van der Waals surface area contributed by atoms with E-state index in [-0.39, 0.29) is 0 Å². The molecule has 0 saturated heterocycles. The molecular weight excluding hydrogens is 240 g/mol. The first kappa shape index (κ1) is 14.1. The SMILES string of the molecule is C/C(=C/C=C/C=C(/C)c1ccccc1)c1ccccc1. The number of hydrogen-bond donors (Lipinski definition) is 0. The lowest BCUT2D eigenvalue weighted by atomic mass is 10.1. The molecule has 0 radical (unpaired) electrons. The van der Waals surface area contributed by atoms with Crippen LogP contribution < -0.4 is 0 Å². The summed E-state index contributed by atoms with van der Waals surface area (Å²) in [7, 11) is 0. The molecule has 100 valence electrons. The number of allylic oxidation sites excluding steroid dienone is 6. The Balaban J connectivity index is 2.04. The summed E-state index contributed by atoms with van der Waals surface area (Å²) in [5.41, 5.74) is 5.07. The first-order chi connectivity index (χ1) is 9.77. The molecule has 0 aromatic heterocycles. The first-order valence-corrected chi connectivity index (χ1v) is 6.90. The molecule has 0 aliphatic rings. The first-order valence-electron chi connectivity index (χ1n) is 6.90. The highest BCUT2D eigenvalue weighted by atomic mass is 14.0. The van der Waals surface area contributed by atoms with Gasteiger partial charge in [-0.25, -0.2) is 0 Å². The van der Waals surface area contributed by atoms with Crippen molar-refractivity contribution in [1.82, 2.24) is 0 Å². The quantitative estimate of drug-likeness (QED) is 0.614. The second-order valence-corrected chi connectivity index (χ2v) is 4.82. The third-order valence-electron chi connectivity index (χ3n) is 3.26. The van der Waals surface area contributed by atoms with Gasteiger partial charge in [0.1, 0.15) is 0 Å². The molecular formula is C20H20. The van der Waals surface area contributed by atoms with Crippen LogP contribution in [0.25, 0.3) is 11.1 Å². The van der Waals surface area contributed by atoms with E-state index < -0.39 is 0 Å². The van der Waals surface area contributed by atoms with Crippen molar-refractivity contribution in [3.05, 3.63) is 96.1 Å². The Morgan fingerprint density at radius 2 is 0.950 bits per heavy atom. The van der Waals surface area contributed by atoms with E-state index in [2.05, 4.69) is 86.7 Å². The fourth-order valence-electron chi connectivity index (χ4n) is 1.99. The second-order valence-electron chi connectivity index (χ2n) is 4.82. The minimum atomic E-state index is 1.26. The summed E-state index contributed by atoms with van der Waals surface area (Å²) in [6, 6.07) is 20.9. The van der Waals surface area contributed by atoms with E-state index in [9.17, 15) is 0 Å². The highest BCUT2D eigenvalue weighted by Gasteiger charge is 1.92. The van der Waals surface area contributed by atoms with Gasteiger partial charge in [-0.2, -0.15) is 0 Å². The largest absolute Gasteiger partial charge is 0.0622 e. The zero-order chi connectivity index (χ0) is 14.2. The third-order valence-corrected chi connectivity index (χ3v) is 3.26. The zero-order valence-electron chi connectivity index (χ0n) is 12.1. The van der Waals surface area contributed by atoms with Gasteiger partial charge in [-0.15, -0.1) is 0 Å². The van der Waals surface area contributed by atoms with Crippen LogP contribution in [0.4, 0.5) is 0 Å². The van der Waals surface area contributed by atoms with Crippen LogP contribution in [0.5, 0.6) is 0 Å². The van der Waals surface area contributed by atoms with Crippen molar-refractivity contribution in [2.75, 3.05) is 0 Å². The summed E-state index contributed by atoms with van der Waals surface area (Å²) >= 11 is 0. The minimum Gasteiger partial charge on any atom is -0.0622 e. The monoisotopic (exact) mass is 260 g/mol. The van der Waals surface area contributed by atoms with Gasteiger partial charge in [0.15, 0.2) is 0 Å². The van der Waals surface area contributed by atoms with E-state index in [1.165, 1.54) is 22.3 Å². The molecule has 2 aromatic rings. The van der Waals surface area contributed by atoms with Gasteiger partial charge in [0.2, 0.25) is 0 Å². The van der Waals surface area contributed by atoms with Crippen molar-refractivity contribution in [2.24, 2.45) is 0 Å². The molecule has 0 saturated carbocycles. The lowest BCUT2D eigenvalue weighted by Gasteiger charge is -1.99. The van der Waals surface area contributed by atoms with Gasteiger partial charge in [0.25, 0.3) is 0 Å². The average Bonchev–Trinajstić information content (AvgIpc) is 2.53. The Labute approximate surface area is 121 Å². The third kappa shape index (κ3) is 4.10. The predicted octanol–water partition coefficient (Wildman–Crippen LogP) is 5.75. The zero-order valence-corrected chi connectivity index (χ0v) is 12.1. The van der Waals surface area contributed by atoms with E-state index >= 15 is 0 Å². The van der Waals surface area contributed by atoms with Crippen LogP contribution in [-0.4, -0.2) is 0 Å². The lowest BCUT2D eigenvalue weighted by molar-refractivity contribution is 1.56. The Morgan fingerprint density at radius 3 is 1.30 bits per heavy atom. The Morgan fingerprint density at radius 1 is 0.600 bits per heavy atom. The van der Waals surface area contributed by atoms with Gasteiger partial charge in [-0.1, -0.05) is 85.0 Å². The molecule has 0 aliphatic carbocycles. The van der Waals surface area contributed by atoms with Crippen LogP contribution >= 0.6 is 0 Å². The summed E-state index contributed by atoms with van der Waals surface area (Å²) in [5, 5.41) is 0. The summed E-state index contributed by atoms with van der Waals surface area (Å²) < 4.78 is 0. The van der Waals surface area contributed by atoms with Gasteiger partial charge in [-0.3, -0.25) is 0 Å². The van der Waals surface area contributed by atoms with Gasteiger partial charge >= 0.3 is 0 Å². The summed E-state index contributed by atoms with van der Waals surface area (Å²) in [6.45, 7) is 4.26. The Hall–Kier alpha value is -2.34. The fraction of sp³-hybridized carbons (Fsp3) is 0.100. The van der Waals surface area contributed by atoms with E-state index in [1.807, 2.05) is 12.1 Å². The highest BCUT2D eigenvalue weighted by Crippen LogP contribution is 2.14. The molecule has 2 aromatic carbocycles. The Kier molecular flexibility index (Phi) is 5.14. The van der Waals surface area contributed by atoms with Crippen molar-refractivity contribution in [3.8, 4) is 0 Å². The van der Waals surface area contributed by atoms with Crippen molar-refractivity contribution in [1.29, 1.82) is 0 Å². The van der Waals surface area contributed by atoms with Crippen LogP contribution in [0.2, 0.25) is 0 Å². The maximum Gasteiger partial charge on any atom is -0.0227 e. The molecule has 0 aliphatic heterocycles. The molecule has 0 bridgehead atoms. The maximum absolute atomic E-state index is 2.14. The molecule has 0 fully saturated rings. The average molecular weight is 260 g/mol. The molecule has 20 heavy (non-hydrogen) atoms. The predicted molar refractivity (Wildman–Crippen MR) is 89.3 cm³/mol. The smallest absolute Gasteiger partial charge is 0.0227 e. The van der Waals surface area contributed by atoms with Gasteiger partial charge in [0.05, 0.1) is 0 Å². The Bertz CT molecular complexity index is 556. The van der Waals surface area contributed by atoms with E-state index in [0.717, 1.165) is 0 Å². The normalized spacial score (nSPS) is 12.9.